The fourth-order valence-electron chi connectivity index (χ4n) is 5.76. The zero-order valence-corrected chi connectivity index (χ0v) is 25.2. The molecule has 2 saturated heterocycles. The first-order valence-electron chi connectivity index (χ1n) is 13.3. The van der Waals surface area contributed by atoms with E-state index < -0.39 is 5.60 Å². The molecule has 2 fully saturated rings. The van der Waals surface area contributed by atoms with Gasteiger partial charge in [0.15, 0.2) is 0 Å². The third-order valence-electron chi connectivity index (χ3n) is 7.85. The van der Waals surface area contributed by atoms with Crippen molar-refractivity contribution in [1.82, 2.24) is 15.1 Å². The second-order valence-corrected chi connectivity index (χ2v) is 11.2. The van der Waals surface area contributed by atoms with Gasteiger partial charge in [0, 0.05) is 25.6 Å². The minimum atomic E-state index is -0.754. The summed E-state index contributed by atoms with van der Waals surface area (Å²) in [5.41, 5.74) is 2.06. The number of carbonyl (C=O) groups is 2. The van der Waals surface area contributed by atoms with E-state index in [0.717, 1.165) is 24.9 Å². The van der Waals surface area contributed by atoms with Gasteiger partial charge in [-0.3, -0.25) is 14.5 Å². The summed E-state index contributed by atoms with van der Waals surface area (Å²) in [7, 11) is 0. The van der Waals surface area contributed by atoms with E-state index in [1.807, 2.05) is 48.5 Å². The largest absolute Gasteiger partial charge is 0.412 e. The first-order valence-corrected chi connectivity index (χ1v) is 14.1. The SMILES string of the molecule is CC(=O)NC1CC(c2ccccc2)CCN1CCC1(c2ccc(Cl)c(Cl)c2)CN(C(=O)c2ccccc2)CO1.Cl.O. The van der Waals surface area contributed by atoms with Gasteiger partial charge in [0.1, 0.15) is 12.3 Å². The Balaban J connectivity index is 0.00000231. The molecule has 2 heterocycles. The maximum atomic E-state index is 13.3. The van der Waals surface area contributed by atoms with Crippen LogP contribution in [0.5, 0.6) is 0 Å². The molecule has 3 unspecified atom stereocenters. The summed E-state index contributed by atoms with van der Waals surface area (Å²) in [6, 6.07) is 25.3. The molecule has 41 heavy (non-hydrogen) atoms. The average Bonchev–Trinajstić information content (AvgIpc) is 3.39. The monoisotopic (exact) mass is 619 g/mol. The molecular formula is C31H36Cl3N3O4. The van der Waals surface area contributed by atoms with E-state index >= 15 is 0 Å². The Morgan fingerprint density at radius 3 is 2.34 bits per heavy atom. The van der Waals surface area contributed by atoms with Gasteiger partial charge in [-0.2, -0.15) is 0 Å². The van der Waals surface area contributed by atoms with Crippen molar-refractivity contribution in [2.75, 3.05) is 26.4 Å². The van der Waals surface area contributed by atoms with Crippen molar-refractivity contribution in [3.8, 4) is 0 Å². The van der Waals surface area contributed by atoms with Crippen LogP contribution in [0.3, 0.4) is 0 Å². The molecule has 0 bridgehead atoms. The number of hydrogen-bond acceptors (Lipinski definition) is 4. The van der Waals surface area contributed by atoms with Gasteiger partial charge >= 0.3 is 0 Å². The average molecular weight is 621 g/mol. The van der Waals surface area contributed by atoms with Gasteiger partial charge < -0.3 is 20.4 Å². The van der Waals surface area contributed by atoms with Crippen molar-refractivity contribution in [1.29, 1.82) is 0 Å². The van der Waals surface area contributed by atoms with Crippen LogP contribution in [-0.2, 0) is 15.1 Å². The predicted octanol–water partition coefficient (Wildman–Crippen LogP) is 5.65. The second-order valence-electron chi connectivity index (χ2n) is 10.4. The maximum absolute atomic E-state index is 13.3. The fraction of sp³-hybridized carbons (Fsp3) is 0.355. The Bertz CT molecular complexity index is 1310. The summed E-state index contributed by atoms with van der Waals surface area (Å²) >= 11 is 12.7. The van der Waals surface area contributed by atoms with E-state index in [1.165, 1.54) is 5.56 Å². The van der Waals surface area contributed by atoms with Crippen LogP contribution in [0.2, 0.25) is 10.0 Å². The van der Waals surface area contributed by atoms with E-state index in [0.29, 0.717) is 41.0 Å². The van der Waals surface area contributed by atoms with Gasteiger partial charge in [-0.05, 0) is 60.6 Å². The lowest BCUT2D eigenvalue weighted by molar-refractivity contribution is -0.121. The van der Waals surface area contributed by atoms with Crippen molar-refractivity contribution < 1.29 is 19.8 Å². The minimum Gasteiger partial charge on any atom is -0.412 e. The van der Waals surface area contributed by atoms with Crippen molar-refractivity contribution in [3.63, 3.8) is 0 Å². The number of benzene rings is 3. The molecule has 0 radical (unpaired) electrons. The lowest BCUT2D eigenvalue weighted by atomic mass is 9.86. The van der Waals surface area contributed by atoms with Crippen LogP contribution in [0.1, 0.15) is 53.6 Å². The summed E-state index contributed by atoms with van der Waals surface area (Å²) in [5.74, 6) is 0.261. The second kappa shape index (κ2) is 14.5. The standard InChI is InChI=1S/C31H33Cl2N3O3.ClH.H2O/c1-22(37)34-29-18-25(23-8-4-2-5-9-23)14-16-35(29)17-15-31(26-12-13-27(32)28(33)19-26)20-36(21-39-31)30(38)24-10-6-3-7-11-24;;/h2-13,19,25,29H,14-18,20-21H2,1H3,(H,34,37);1H;1H2. The van der Waals surface area contributed by atoms with E-state index in [1.54, 1.807) is 17.9 Å². The first-order chi connectivity index (χ1) is 18.8. The Hall–Kier alpha value is -2.65. The lowest BCUT2D eigenvalue weighted by Crippen LogP contribution is -2.53. The minimum absolute atomic E-state index is 0. The van der Waals surface area contributed by atoms with Gasteiger partial charge in [-0.15, -0.1) is 12.4 Å². The van der Waals surface area contributed by atoms with Crippen LogP contribution in [0.15, 0.2) is 78.9 Å². The lowest BCUT2D eigenvalue weighted by Gasteiger charge is -2.41. The van der Waals surface area contributed by atoms with Crippen LogP contribution in [0, 0.1) is 0 Å². The highest BCUT2D eigenvalue weighted by atomic mass is 35.5. The van der Waals surface area contributed by atoms with E-state index in [9.17, 15) is 9.59 Å². The summed E-state index contributed by atoms with van der Waals surface area (Å²) in [4.78, 5) is 29.5. The van der Waals surface area contributed by atoms with Crippen LogP contribution in [-0.4, -0.2) is 59.6 Å². The molecular weight excluding hydrogens is 585 g/mol. The Morgan fingerprint density at radius 2 is 1.68 bits per heavy atom. The third-order valence-corrected chi connectivity index (χ3v) is 8.59. The number of hydrogen-bond donors (Lipinski definition) is 1. The number of rotatable bonds is 7. The number of likely N-dealkylation sites (tertiary alicyclic amines) is 1. The molecule has 220 valence electrons. The molecule has 3 aromatic rings. The van der Waals surface area contributed by atoms with Crippen LogP contribution in [0.4, 0.5) is 0 Å². The topological polar surface area (TPSA) is 93.4 Å². The molecule has 3 N–H and O–H groups in total. The number of ether oxygens (including phenoxy) is 1. The third kappa shape index (κ3) is 7.60. The number of piperidine rings is 1. The molecule has 7 nitrogen and oxygen atoms in total. The summed E-state index contributed by atoms with van der Waals surface area (Å²) in [6.45, 7) is 3.66. The van der Waals surface area contributed by atoms with Crippen LogP contribution in [0.25, 0.3) is 0 Å². The summed E-state index contributed by atoms with van der Waals surface area (Å²) in [6.07, 6.45) is 2.37. The van der Waals surface area contributed by atoms with Gasteiger partial charge in [0.25, 0.3) is 5.91 Å². The van der Waals surface area contributed by atoms with Crippen LogP contribution < -0.4 is 5.32 Å². The highest BCUT2D eigenvalue weighted by Gasteiger charge is 2.44. The molecule has 0 saturated carbocycles. The molecule has 0 spiro atoms. The number of nitrogens with one attached hydrogen (secondary N) is 1. The molecule has 0 aliphatic carbocycles. The number of amides is 2. The molecule has 3 aromatic carbocycles. The van der Waals surface area contributed by atoms with Crippen molar-refractivity contribution >= 4 is 47.4 Å². The number of halogens is 3. The molecule has 10 heteroatoms. The Labute approximate surface area is 257 Å². The van der Waals surface area contributed by atoms with Crippen molar-refractivity contribution in [3.05, 3.63) is 106 Å². The Morgan fingerprint density at radius 1 is 1.00 bits per heavy atom. The summed E-state index contributed by atoms with van der Waals surface area (Å²) in [5, 5.41) is 4.09. The van der Waals surface area contributed by atoms with Gasteiger partial charge in [0.2, 0.25) is 5.91 Å². The Kier molecular flexibility index (Phi) is 11.6. The highest BCUT2D eigenvalue weighted by molar-refractivity contribution is 6.42. The fourth-order valence-corrected chi connectivity index (χ4v) is 6.06. The molecule has 2 aliphatic heterocycles. The molecule has 2 aliphatic rings. The highest BCUT2D eigenvalue weighted by Crippen LogP contribution is 2.40. The first kappa shape index (κ1) is 32.9. The smallest absolute Gasteiger partial charge is 0.255 e. The van der Waals surface area contributed by atoms with E-state index in [2.05, 4.69) is 34.5 Å². The van der Waals surface area contributed by atoms with E-state index in [4.69, 9.17) is 27.9 Å². The zero-order chi connectivity index (χ0) is 27.4. The molecule has 0 aromatic heterocycles. The van der Waals surface area contributed by atoms with Gasteiger partial charge in [-0.1, -0.05) is 77.8 Å². The molecule has 3 atom stereocenters. The van der Waals surface area contributed by atoms with Gasteiger partial charge in [-0.25, -0.2) is 0 Å². The quantitative estimate of drug-likeness (QED) is 0.370. The predicted molar refractivity (Wildman–Crippen MR) is 165 cm³/mol. The zero-order valence-electron chi connectivity index (χ0n) is 22.9. The maximum Gasteiger partial charge on any atom is 0.255 e. The molecule has 2 amide bonds. The normalized spacial score (nSPS) is 22.4. The van der Waals surface area contributed by atoms with Crippen molar-refractivity contribution in [2.24, 2.45) is 0 Å². The summed E-state index contributed by atoms with van der Waals surface area (Å²) < 4.78 is 6.46. The number of nitrogens with zero attached hydrogens (tertiary/aromatic N) is 2. The van der Waals surface area contributed by atoms with E-state index in [-0.39, 0.29) is 42.6 Å². The number of carbonyl (C=O) groups excluding carboxylic acids is 2. The van der Waals surface area contributed by atoms with Crippen LogP contribution >= 0.6 is 35.6 Å². The molecule has 5 rings (SSSR count). The van der Waals surface area contributed by atoms with Gasteiger partial charge in [0.05, 0.1) is 22.8 Å². The van der Waals surface area contributed by atoms with Crippen molar-refractivity contribution in [2.45, 2.75) is 43.9 Å².